The summed E-state index contributed by atoms with van der Waals surface area (Å²) in [4.78, 5) is 2.36. The number of likely N-dealkylation sites (N-methyl/N-ethyl adjacent to an activating group) is 2. The van der Waals surface area contributed by atoms with Gasteiger partial charge in [0.05, 0.1) is 5.69 Å². The van der Waals surface area contributed by atoms with Gasteiger partial charge in [0.2, 0.25) is 0 Å². The van der Waals surface area contributed by atoms with Crippen LogP contribution >= 0.6 is 0 Å². The molecule has 0 atom stereocenters. The maximum atomic E-state index is 5.21. The number of aromatic amines is 1. The molecule has 1 aromatic rings. The molecule has 1 fully saturated rings. The summed E-state index contributed by atoms with van der Waals surface area (Å²) in [5.41, 5.74) is 2.68. The highest BCUT2D eigenvalue weighted by atomic mass is 16.5. The lowest BCUT2D eigenvalue weighted by molar-refractivity contribution is 0.162. The molecule has 0 spiro atoms. The highest BCUT2D eigenvalue weighted by Gasteiger charge is 2.25. The number of rotatable bonds is 9. The van der Waals surface area contributed by atoms with Gasteiger partial charge in [-0.1, -0.05) is 0 Å². The molecular formula is C17H32N4O. The molecular weight excluding hydrogens is 276 g/mol. The fourth-order valence-electron chi connectivity index (χ4n) is 3.49. The minimum atomic E-state index is 0.637. The maximum Gasteiger partial charge on any atom is 0.0697 e. The lowest BCUT2D eigenvalue weighted by Crippen LogP contribution is -2.27. The van der Waals surface area contributed by atoms with Crippen molar-refractivity contribution < 1.29 is 4.74 Å². The van der Waals surface area contributed by atoms with E-state index in [-0.39, 0.29) is 0 Å². The third kappa shape index (κ3) is 5.07. The molecule has 0 bridgehead atoms. The first-order valence-corrected chi connectivity index (χ1v) is 8.59. The summed E-state index contributed by atoms with van der Waals surface area (Å²) in [7, 11) is 5.97. The molecule has 5 nitrogen and oxygen atoms in total. The first-order chi connectivity index (χ1) is 10.7. The summed E-state index contributed by atoms with van der Waals surface area (Å²) in [6, 6.07) is 0. The van der Waals surface area contributed by atoms with Crippen LogP contribution in [0.1, 0.15) is 49.3 Å². The Morgan fingerprint density at radius 3 is 2.82 bits per heavy atom. The van der Waals surface area contributed by atoms with Gasteiger partial charge in [-0.2, -0.15) is 5.10 Å². The Morgan fingerprint density at radius 1 is 1.36 bits per heavy atom. The number of aromatic nitrogens is 2. The van der Waals surface area contributed by atoms with Crippen LogP contribution in [0.4, 0.5) is 0 Å². The van der Waals surface area contributed by atoms with Crippen molar-refractivity contribution in [2.75, 3.05) is 40.9 Å². The molecule has 1 heterocycles. The first-order valence-electron chi connectivity index (χ1n) is 8.59. The van der Waals surface area contributed by atoms with Crippen molar-refractivity contribution in [1.29, 1.82) is 0 Å². The van der Waals surface area contributed by atoms with Gasteiger partial charge < -0.3 is 15.0 Å². The van der Waals surface area contributed by atoms with Crippen LogP contribution in [0.2, 0.25) is 0 Å². The van der Waals surface area contributed by atoms with Crippen molar-refractivity contribution in [1.82, 2.24) is 20.4 Å². The molecule has 126 valence electrons. The molecule has 1 aliphatic rings. The van der Waals surface area contributed by atoms with E-state index in [0.29, 0.717) is 5.92 Å². The zero-order valence-electron chi connectivity index (χ0n) is 14.4. The topological polar surface area (TPSA) is 53.2 Å². The van der Waals surface area contributed by atoms with Gasteiger partial charge in [-0.15, -0.1) is 0 Å². The van der Waals surface area contributed by atoms with Crippen LogP contribution in [0.3, 0.4) is 0 Å². The van der Waals surface area contributed by atoms with Gasteiger partial charge in [-0.05, 0) is 52.1 Å². The van der Waals surface area contributed by atoms with Crippen molar-refractivity contribution in [2.24, 2.45) is 5.92 Å². The van der Waals surface area contributed by atoms with E-state index in [1.165, 1.54) is 43.4 Å². The third-order valence-electron chi connectivity index (χ3n) is 4.90. The summed E-state index contributed by atoms with van der Waals surface area (Å²) in [5, 5.41) is 10.9. The molecule has 2 N–H and O–H groups in total. The number of ether oxygens (including phenoxy) is 1. The number of H-pyrrole nitrogens is 1. The Morgan fingerprint density at radius 2 is 2.14 bits per heavy atom. The number of nitrogens with one attached hydrogen (secondary N) is 2. The lowest BCUT2D eigenvalue weighted by atomic mass is 9.78. The normalized spacial score (nSPS) is 22.4. The molecule has 22 heavy (non-hydrogen) atoms. The molecule has 0 radical (unpaired) electrons. The van der Waals surface area contributed by atoms with E-state index < -0.39 is 0 Å². The summed E-state index contributed by atoms with van der Waals surface area (Å²) in [5.74, 6) is 1.48. The number of nitrogens with zero attached hydrogens (tertiary/aromatic N) is 2. The summed E-state index contributed by atoms with van der Waals surface area (Å²) >= 11 is 0. The molecule has 1 aliphatic carbocycles. The van der Waals surface area contributed by atoms with Crippen molar-refractivity contribution in [3.05, 3.63) is 17.5 Å². The predicted octanol–water partition coefficient (Wildman–Crippen LogP) is 2.37. The monoisotopic (exact) mass is 308 g/mol. The van der Waals surface area contributed by atoms with Crippen LogP contribution in [-0.2, 0) is 11.3 Å². The van der Waals surface area contributed by atoms with E-state index in [2.05, 4.69) is 33.7 Å². The molecule has 0 aromatic carbocycles. The maximum absolute atomic E-state index is 5.21. The van der Waals surface area contributed by atoms with E-state index in [9.17, 15) is 0 Å². The van der Waals surface area contributed by atoms with Crippen LogP contribution in [0, 0.1) is 5.92 Å². The molecule has 1 saturated carbocycles. The minimum Gasteiger partial charge on any atom is -0.385 e. The zero-order valence-corrected chi connectivity index (χ0v) is 14.4. The number of hydrogen-bond donors (Lipinski definition) is 2. The summed E-state index contributed by atoms with van der Waals surface area (Å²) in [6.07, 6.45) is 8.47. The molecule has 0 saturated heterocycles. The van der Waals surface area contributed by atoms with Crippen molar-refractivity contribution in [3.63, 3.8) is 0 Å². The largest absolute Gasteiger partial charge is 0.385 e. The fourth-order valence-corrected chi connectivity index (χ4v) is 3.49. The van der Waals surface area contributed by atoms with Gasteiger partial charge in [-0.25, -0.2) is 0 Å². The van der Waals surface area contributed by atoms with E-state index in [1.54, 1.807) is 7.11 Å². The van der Waals surface area contributed by atoms with Gasteiger partial charge in [0.15, 0.2) is 0 Å². The Bertz CT molecular complexity index is 413. The Balaban J connectivity index is 1.85. The second-order valence-electron chi connectivity index (χ2n) is 6.64. The van der Waals surface area contributed by atoms with Gasteiger partial charge in [0.25, 0.3) is 0 Å². The van der Waals surface area contributed by atoms with Crippen LogP contribution < -0.4 is 5.32 Å². The molecule has 1 aromatic heterocycles. The van der Waals surface area contributed by atoms with E-state index in [0.717, 1.165) is 32.2 Å². The summed E-state index contributed by atoms with van der Waals surface area (Å²) < 4.78 is 5.21. The van der Waals surface area contributed by atoms with Crippen LogP contribution in [0.25, 0.3) is 0 Å². The molecule has 2 rings (SSSR count). The fraction of sp³-hybridized carbons (Fsp3) is 0.824. The SMILES string of the molecule is CNCCN(C)Cc1c[nH]nc1C1CCC(CCOC)CC1. The average Bonchev–Trinajstić information content (AvgIpc) is 2.99. The van der Waals surface area contributed by atoms with E-state index in [4.69, 9.17) is 4.74 Å². The Hall–Kier alpha value is -0.910. The van der Waals surface area contributed by atoms with Crippen molar-refractivity contribution in [3.8, 4) is 0 Å². The Labute approximate surface area is 134 Å². The van der Waals surface area contributed by atoms with Crippen LogP contribution in [-0.4, -0.2) is 56.0 Å². The number of methoxy groups -OCH3 is 1. The smallest absolute Gasteiger partial charge is 0.0697 e. The zero-order chi connectivity index (χ0) is 15.8. The summed E-state index contributed by atoms with van der Waals surface area (Å²) in [6.45, 7) is 3.97. The molecule has 0 aliphatic heterocycles. The predicted molar refractivity (Wildman–Crippen MR) is 90.0 cm³/mol. The minimum absolute atomic E-state index is 0.637. The van der Waals surface area contributed by atoms with Crippen molar-refractivity contribution >= 4 is 0 Å². The van der Waals surface area contributed by atoms with E-state index >= 15 is 0 Å². The van der Waals surface area contributed by atoms with Crippen molar-refractivity contribution in [2.45, 2.75) is 44.6 Å². The third-order valence-corrected chi connectivity index (χ3v) is 4.90. The lowest BCUT2D eigenvalue weighted by Gasteiger charge is -2.28. The van der Waals surface area contributed by atoms with Gasteiger partial charge in [0, 0.05) is 51.0 Å². The quantitative estimate of drug-likeness (QED) is 0.735. The Kier molecular flexibility index (Phi) is 7.36. The van der Waals surface area contributed by atoms with Gasteiger partial charge >= 0.3 is 0 Å². The first kappa shape index (κ1) is 17.4. The molecule has 5 heteroatoms. The molecule has 0 unspecified atom stereocenters. The number of hydrogen-bond acceptors (Lipinski definition) is 4. The second kappa shape index (κ2) is 9.28. The molecule has 0 amide bonds. The second-order valence-corrected chi connectivity index (χ2v) is 6.64. The van der Waals surface area contributed by atoms with Crippen LogP contribution in [0.5, 0.6) is 0 Å². The van der Waals surface area contributed by atoms with Gasteiger partial charge in [0.1, 0.15) is 0 Å². The highest BCUT2D eigenvalue weighted by Crippen LogP contribution is 2.37. The standard InChI is InChI=1S/C17H32N4O/c1-18-9-10-21(2)13-16-12-19-20-17(16)15-6-4-14(5-7-15)8-11-22-3/h12,14-15,18H,4-11,13H2,1-3H3,(H,19,20). The van der Waals surface area contributed by atoms with Gasteiger partial charge in [-0.3, -0.25) is 5.10 Å². The average molecular weight is 308 g/mol. The van der Waals surface area contributed by atoms with E-state index in [1.807, 2.05) is 7.05 Å². The highest BCUT2D eigenvalue weighted by molar-refractivity contribution is 5.21. The van der Waals surface area contributed by atoms with Crippen LogP contribution in [0.15, 0.2) is 6.20 Å².